The largest absolute Gasteiger partial charge is 0.458 e. The number of esters is 1. The standard InChI is InChI=1S/C25H31N5O3/c1-17-6-5-11-27-23(17)29-21-16-26-15-20(28-21)18-7-12-30(13-8-18)24(32)19-14-22(31)33-25(19)9-3-2-4-10-25/h5-6,11,15-16,18-19H,2-4,7-10,12-14H2,1H3,(H,27,28,29). The third-order valence-electron chi connectivity index (χ3n) is 7.45. The summed E-state index contributed by atoms with van der Waals surface area (Å²) in [4.78, 5) is 41.0. The summed E-state index contributed by atoms with van der Waals surface area (Å²) in [6, 6.07) is 3.90. The number of amides is 1. The van der Waals surface area contributed by atoms with Gasteiger partial charge in [-0.05, 0) is 57.1 Å². The van der Waals surface area contributed by atoms with E-state index in [2.05, 4.69) is 15.3 Å². The van der Waals surface area contributed by atoms with Crippen LogP contribution in [0.2, 0.25) is 0 Å². The van der Waals surface area contributed by atoms with E-state index in [9.17, 15) is 9.59 Å². The molecule has 2 aliphatic heterocycles. The number of pyridine rings is 1. The number of aromatic nitrogens is 3. The lowest BCUT2D eigenvalue weighted by molar-refractivity contribution is -0.156. The van der Waals surface area contributed by atoms with E-state index in [0.29, 0.717) is 18.9 Å². The molecule has 0 radical (unpaired) electrons. The van der Waals surface area contributed by atoms with Gasteiger partial charge in [-0.15, -0.1) is 0 Å². The molecule has 2 aromatic rings. The molecule has 33 heavy (non-hydrogen) atoms. The van der Waals surface area contributed by atoms with Gasteiger partial charge >= 0.3 is 5.97 Å². The van der Waals surface area contributed by atoms with Gasteiger partial charge in [0.2, 0.25) is 5.91 Å². The van der Waals surface area contributed by atoms with Crippen molar-refractivity contribution in [2.24, 2.45) is 5.92 Å². The number of hydrogen-bond donors (Lipinski definition) is 1. The molecule has 5 rings (SSSR count). The average molecular weight is 450 g/mol. The van der Waals surface area contributed by atoms with Crippen molar-refractivity contribution < 1.29 is 14.3 Å². The van der Waals surface area contributed by atoms with Crippen molar-refractivity contribution >= 4 is 23.5 Å². The number of hydrogen-bond acceptors (Lipinski definition) is 7. The Balaban J connectivity index is 1.23. The second-order valence-corrected chi connectivity index (χ2v) is 9.58. The van der Waals surface area contributed by atoms with Gasteiger partial charge in [0.25, 0.3) is 0 Å². The molecule has 1 aliphatic carbocycles. The number of carbonyl (C=O) groups is 2. The summed E-state index contributed by atoms with van der Waals surface area (Å²) >= 11 is 0. The van der Waals surface area contributed by atoms with E-state index in [1.165, 1.54) is 0 Å². The van der Waals surface area contributed by atoms with Gasteiger partial charge in [-0.1, -0.05) is 12.5 Å². The normalized spacial score (nSPS) is 22.9. The van der Waals surface area contributed by atoms with Crippen LogP contribution in [0.1, 0.15) is 68.5 Å². The Morgan fingerprint density at radius 1 is 1.18 bits per heavy atom. The van der Waals surface area contributed by atoms with E-state index in [1.807, 2.05) is 30.2 Å². The lowest BCUT2D eigenvalue weighted by atomic mass is 9.75. The molecule has 0 bridgehead atoms. The van der Waals surface area contributed by atoms with Crippen LogP contribution in [0.15, 0.2) is 30.7 Å². The molecule has 174 valence electrons. The van der Waals surface area contributed by atoms with E-state index in [0.717, 1.165) is 62.0 Å². The smallest absolute Gasteiger partial charge is 0.307 e. The second kappa shape index (κ2) is 9.08. The molecular weight excluding hydrogens is 418 g/mol. The number of rotatable bonds is 4. The first kappa shape index (κ1) is 21.8. The Bertz CT molecular complexity index is 1030. The summed E-state index contributed by atoms with van der Waals surface area (Å²) in [5, 5.41) is 3.26. The zero-order valence-corrected chi connectivity index (χ0v) is 19.1. The van der Waals surface area contributed by atoms with Crippen LogP contribution in [0.4, 0.5) is 11.6 Å². The van der Waals surface area contributed by atoms with Crippen LogP contribution in [-0.2, 0) is 14.3 Å². The molecule has 0 aromatic carbocycles. The Labute approximate surface area is 194 Å². The van der Waals surface area contributed by atoms with Gasteiger partial charge in [-0.2, -0.15) is 0 Å². The van der Waals surface area contributed by atoms with Gasteiger partial charge in [0, 0.05) is 31.4 Å². The minimum Gasteiger partial charge on any atom is -0.458 e. The molecule has 4 heterocycles. The van der Waals surface area contributed by atoms with Crippen molar-refractivity contribution in [3.63, 3.8) is 0 Å². The van der Waals surface area contributed by atoms with Gasteiger partial charge in [0.1, 0.15) is 17.2 Å². The van der Waals surface area contributed by atoms with Gasteiger partial charge < -0.3 is 15.0 Å². The maximum atomic E-state index is 13.4. The molecular formula is C25H31N5O3. The number of carbonyl (C=O) groups excluding carboxylic acids is 2. The number of likely N-dealkylation sites (tertiary alicyclic amines) is 1. The molecule has 1 spiro atoms. The first-order valence-electron chi connectivity index (χ1n) is 12.1. The highest BCUT2D eigenvalue weighted by Gasteiger charge is 2.53. The molecule has 2 aromatic heterocycles. The summed E-state index contributed by atoms with van der Waals surface area (Å²) in [5.41, 5.74) is 1.42. The van der Waals surface area contributed by atoms with Crippen LogP contribution in [0, 0.1) is 12.8 Å². The maximum Gasteiger partial charge on any atom is 0.307 e. The molecule has 8 nitrogen and oxygen atoms in total. The molecule has 2 saturated heterocycles. The maximum absolute atomic E-state index is 13.4. The monoisotopic (exact) mass is 449 g/mol. The average Bonchev–Trinajstić information content (AvgIpc) is 3.15. The van der Waals surface area contributed by atoms with Crippen LogP contribution in [0.25, 0.3) is 0 Å². The van der Waals surface area contributed by atoms with E-state index in [-0.39, 0.29) is 30.1 Å². The van der Waals surface area contributed by atoms with Crippen molar-refractivity contribution in [3.8, 4) is 0 Å². The molecule has 1 saturated carbocycles. The number of piperidine rings is 1. The van der Waals surface area contributed by atoms with Gasteiger partial charge in [-0.3, -0.25) is 14.6 Å². The number of nitrogens with one attached hydrogen (secondary N) is 1. The lowest BCUT2D eigenvalue weighted by Gasteiger charge is -2.39. The predicted molar refractivity (Wildman–Crippen MR) is 123 cm³/mol. The van der Waals surface area contributed by atoms with Gasteiger partial charge in [0.15, 0.2) is 0 Å². The quantitative estimate of drug-likeness (QED) is 0.707. The van der Waals surface area contributed by atoms with E-state index in [1.54, 1.807) is 12.4 Å². The highest BCUT2D eigenvalue weighted by atomic mass is 16.6. The summed E-state index contributed by atoms with van der Waals surface area (Å²) in [5.74, 6) is 1.25. The summed E-state index contributed by atoms with van der Waals surface area (Å²) in [6.45, 7) is 3.34. The first-order chi connectivity index (χ1) is 16.0. The van der Waals surface area contributed by atoms with Crippen LogP contribution in [0.5, 0.6) is 0 Å². The molecule has 3 fully saturated rings. The third-order valence-corrected chi connectivity index (χ3v) is 7.45. The second-order valence-electron chi connectivity index (χ2n) is 9.58. The van der Waals surface area contributed by atoms with E-state index < -0.39 is 5.60 Å². The molecule has 1 unspecified atom stereocenters. The predicted octanol–water partition coefficient (Wildman–Crippen LogP) is 3.90. The van der Waals surface area contributed by atoms with Crippen molar-refractivity contribution in [1.82, 2.24) is 19.9 Å². The molecule has 3 aliphatic rings. The Morgan fingerprint density at radius 2 is 1.97 bits per heavy atom. The van der Waals surface area contributed by atoms with Crippen molar-refractivity contribution in [2.75, 3.05) is 18.4 Å². The summed E-state index contributed by atoms with van der Waals surface area (Å²) in [7, 11) is 0. The minimum atomic E-state index is -0.557. The van der Waals surface area contributed by atoms with Crippen LogP contribution in [0.3, 0.4) is 0 Å². The third kappa shape index (κ3) is 4.43. The Kier molecular flexibility index (Phi) is 6.00. The van der Waals surface area contributed by atoms with Crippen LogP contribution in [-0.4, -0.2) is 50.4 Å². The van der Waals surface area contributed by atoms with E-state index >= 15 is 0 Å². The highest BCUT2D eigenvalue weighted by molar-refractivity contribution is 5.88. The number of ether oxygens (including phenoxy) is 1. The summed E-state index contributed by atoms with van der Waals surface area (Å²) in [6.07, 6.45) is 12.0. The minimum absolute atomic E-state index is 0.0910. The zero-order valence-electron chi connectivity index (χ0n) is 19.1. The lowest BCUT2D eigenvalue weighted by Crippen LogP contribution is -2.49. The Morgan fingerprint density at radius 3 is 2.73 bits per heavy atom. The van der Waals surface area contributed by atoms with Crippen molar-refractivity contribution in [1.29, 1.82) is 0 Å². The molecule has 1 atom stereocenters. The summed E-state index contributed by atoms with van der Waals surface area (Å²) < 4.78 is 5.76. The Hall–Kier alpha value is -3.03. The van der Waals surface area contributed by atoms with Crippen molar-refractivity contribution in [2.45, 2.75) is 69.8 Å². The topological polar surface area (TPSA) is 97.3 Å². The first-order valence-corrected chi connectivity index (χ1v) is 12.1. The molecule has 8 heteroatoms. The van der Waals surface area contributed by atoms with Crippen molar-refractivity contribution in [3.05, 3.63) is 42.0 Å². The molecule has 1 N–H and O–H groups in total. The van der Waals surface area contributed by atoms with Crippen LogP contribution >= 0.6 is 0 Å². The van der Waals surface area contributed by atoms with Gasteiger partial charge in [-0.25, -0.2) is 9.97 Å². The van der Waals surface area contributed by atoms with Crippen LogP contribution < -0.4 is 5.32 Å². The number of anilines is 2. The number of nitrogens with zero attached hydrogens (tertiary/aromatic N) is 4. The molecule has 1 amide bonds. The van der Waals surface area contributed by atoms with Gasteiger partial charge in [0.05, 0.1) is 24.2 Å². The van der Waals surface area contributed by atoms with E-state index in [4.69, 9.17) is 9.72 Å². The fourth-order valence-electron chi connectivity index (χ4n) is 5.60. The fourth-order valence-corrected chi connectivity index (χ4v) is 5.60. The zero-order chi connectivity index (χ0) is 22.8. The fraction of sp³-hybridized carbons (Fsp3) is 0.560. The number of aryl methyl sites for hydroxylation is 1. The SMILES string of the molecule is Cc1cccnc1Nc1cncc(C2CCN(C(=O)C3CC(=O)OC34CCCCC4)CC2)n1. The highest BCUT2D eigenvalue weighted by Crippen LogP contribution is 2.45.